The average Bonchev–Trinajstić information content (AvgIpc) is 3.40. The van der Waals surface area contributed by atoms with Gasteiger partial charge in [0.15, 0.2) is 5.13 Å². The Balaban J connectivity index is 1.38. The molecule has 1 aliphatic heterocycles. The number of benzene rings is 1. The van der Waals surface area contributed by atoms with E-state index in [1.807, 2.05) is 6.07 Å². The minimum Gasteiger partial charge on any atom is -0.481 e. The number of carboxylic acids is 1. The molecule has 2 aromatic heterocycles. The van der Waals surface area contributed by atoms with Crippen LogP contribution in [0.15, 0.2) is 30.5 Å². The first-order chi connectivity index (χ1) is 20.7. The third kappa shape index (κ3) is 5.97. The standard InChI is InChI=1S/C31H32F2N4O5S/c1-36-25(38)12-18-11-20(15-34-29(18)36)23-9-8-22(42-16-32)14-24(23)27-28(33)43-31(35-27)37(21-6-7-21)30(41)19(13-26(39)40)10-17-4-2-3-5-17/h8-9,11,14-15,17,19,21H,2-7,10,12-13,16H2,1H3,(H,39,40). The second-order valence-corrected chi connectivity index (χ2v) is 12.5. The van der Waals surface area contributed by atoms with Gasteiger partial charge in [-0.25, -0.2) is 14.4 Å². The lowest BCUT2D eigenvalue weighted by Gasteiger charge is -2.26. The Morgan fingerprint density at radius 1 is 1.19 bits per heavy atom. The number of likely N-dealkylation sites (N-methyl/N-ethyl adjacent to an activating group) is 1. The lowest BCUT2D eigenvalue weighted by Crippen LogP contribution is -2.39. The Kier molecular flexibility index (Phi) is 8.13. The van der Waals surface area contributed by atoms with Crippen LogP contribution >= 0.6 is 11.3 Å². The van der Waals surface area contributed by atoms with Crippen LogP contribution in [0.2, 0.25) is 0 Å². The predicted molar refractivity (Wildman–Crippen MR) is 157 cm³/mol. The molecule has 1 aromatic carbocycles. The van der Waals surface area contributed by atoms with E-state index in [0.717, 1.165) is 55.4 Å². The maximum atomic E-state index is 15.8. The molecule has 3 aromatic rings. The fourth-order valence-electron chi connectivity index (χ4n) is 6.26. The van der Waals surface area contributed by atoms with E-state index in [2.05, 4.69) is 9.97 Å². The third-order valence-corrected chi connectivity index (χ3v) is 9.39. The van der Waals surface area contributed by atoms with Crippen LogP contribution in [0.3, 0.4) is 0 Å². The van der Waals surface area contributed by atoms with E-state index in [1.165, 1.54) is 15.9 Å². The molecule has 3 heterocycles. The van der Waals surface area contributed by atoms with E-state index >= 15 is 4.39 Å². The van der Waals surface area contributed by atoms with Gasteiger partial charge in [-0.2, -0.15) is 4.39 Å². The summed E-state index contributed by atoms with van der Waals surface area (Å²) in [6.45, 7) is -1.08. The average molecular weight is 611 g/mol. The number of carbonyl (C=O) groups excluding carboxylic acids is 2. The van der Waals surface area contributed by atoms with Crippen LogP contribution in [-0.2, 0) is 20.8 Å². The number of aromatic nitrogens is 2. The van der Waals surface area contributed by atoms with Crippen LogP contribution < -0.4 is 14.5 Å². The van der Waals surface area contributed by atoms with Crippen LogP contribution in [0.25, 0.3) is 22.4 Å². The number of thiazole rings is 1. The van der Waals surface area contributed by atoms with E-state index in [-0.39, 0.29) is 47.3 Å². The number of pyridine rings is 1. The Hall–Kier alpha value is -3.93. The number of hydrogen-bond acceptors (Lipinski definition) is 7. The van der Waals surface area contributed by atoms with Gasteiger partial charge < -0.3 is 9.84 Å². The zero-order valence-electron chi connectivity index (χ0n) is 23.7. The number of hydrogen-bond donors (Lipinski definition) is 1. The van der Waals surface area contributed by atoms with E-state index < -0.39 is 23.9 Å². The van der Waals surface area contributed by atoms with Crippen LogP contribution in [0.4, 0.5) is 19.7 Å². The van der Waals surface area contributed by atoms with E-state index in [1.54, 1.807) is 25.4 Å². The molecule has 0 bridgehead atoms. The SMILES string of the molecule is CN1C(=O)Cc2cc(-c3ccc(OCF)cc3-c3nc(N(C(=O)C(CC(=O)O)CC4CCCC4)C4CC4)sc3F)cnc21. The highest BCUT2D eigenvalue weighted by Gasteiger charge is 2.41. The summed E-state index contributed by atoms with van der Waals surface area (Å²) < 4.78 is 34.0. The fourth-order valence-corrected chi connectivity index (χ4v) is 7.14. The van der Waals surface area contributed by atoms with Crippen molar-refractivity contribution in [3.8, 4) is 28.1 Å². The molecule has 43 heavy (non-hydrogen) atoms. The lowest BCUT2D eigenvalue weighted by atomic mass is 9.90. The summed E-state index contributed by atoms with van der Waals surface area (Å²) in [5.74, 6) is -1.14. The van der Waals surface area contributed by atoms with Gasteiger partial charge in [0.25, 0.3) is 0 Å². The van der Waals surface area contributed by atoms with Gasteiger partial charge in [0.1, 0.15) is 17.3 Å². The van der Waals surface area contributed by atoms with E-state index in [4.69, 9.17) is 4.74 Å². The maximum absolute atomic E-state index is 15.8. The summed E-state index contributed by atoms with van der Waals surface area (Å²) in [6, 6.07) is 6.38. The predicted octanol–water partition coefficient (Wildman–Crippen LogP) is 6.00. The minimum absolute atomic E-state index is 0.0305. The van der Waals surface area contributed by atoms with Gasteiger partial charge in [-0.05, 0) is 55.0 Å². The van der Waals surface area contributed by atoms with E-state index in [0.29, 0.717) is 34.8 Å². The topological polar surface area (TPSA) is 113 Å². The molecule has 1 N–H and O–H groups in total. The Morgan fingerprint density at radius 3 is 2.65 bits per heavy atom. The van der Waals surface area contributed by atoms with Crippen LogP contribution in [0, 0.1) is 17.0 Å². The van der Waals surface area contributed by atoms with E-state index in [9.17, 15) is 23.9 Å². The Morgan fingerprint density at radius 2 is 1.95 bits per heavy atom. The molecule has 3 aliphatic rings. The number of carboxylic acid groups (broad SMARTS) is 1. The van der Waals surface area contributed by atoms with Gasteiger partial charge in [-0.15, -0.1) is 0 Å². The lowest BCUT2D eigenvalue weighted by molar-refractivity contribution is -0.141. The van der Waals surface area contributed by atoms with Gasteiger partial charge in [0.05, 0.1) is 12.8 Å². The van der Waals surface area contributed by atoms with Crippen LogP contribution in [0.1, 0.15) is 56.9 Å². The highest BCUT2D eigenvalue weighted by atomic mass is 32.1. The minimum atomic E-state index is -1.08. The Bertz CT molecular complexity index is 1570. The monoisotopic (exact) mass is 610 g/mol. The highest BCUT2D eigenvalue weighted by Crippen LogP contribution is 2.43. The first-order valence-corrected chi connectivity index (χ1v) is 15.3. The quantitative estimate of drug-likeness (QED) is 0.283. The summed E-state index contributed by atoms with van der Waals surface area (Å²) in [5, 5.41) is 9.13. The molecule has 0 radical (unpaired) electrons. The van der Waals surface area contributed by atoms with Crippen molar-refractivity contribution < 1.29 is 33.0 Å². The first kappa shape index (κ1) is 29.2. The number of amides is 2. The number of rotatable bonds is 11. The van der Waals surface area contributed by atoms with Gasteiger partial charge in [-0.3, -0.25) is 24.2 Å². The largest absolute Gasteiger partial charge is 0.481 e. The van der Waals surface area contributed by atoms with Crippen molar-refractivity contribution in [2.45, 2.75) is 63.8 Å². The molecule has 6 rings (SSSR count). The summed E-state index contributed by atoms with van der Waals surface area (Å²) in [4.78, 5) is 49.9. The van der Waals surface area contributed by atoms with Gasteiger partial charge >= 0.3 is 5.97 Å². The normalized spacial score (nSPS) is 17.3. The van der Waals surface area contributed by atoms with Crippen molar-refractivity contribution in [2.75, 3.05) is 23.7 Å². The van der Waals surface area contributed by atoms with Crippen molar-refractivity contribution in [3.05, 3.63) is 41.2 Å². The van der Waals surface area contributed by atoms with Crippen LogP contribution in [-0.4, -0.2) is 52.8 Å². The number of ether oxygens (including phenoxy) is 1. The molecule has 12 heteroatoms. The molecule has 2 amide bonds. The zero-order chi connectivity index (χ0) is 30.2. The molecular weight excluding hydrogens is 578 g/mol. The molecule has 0 saturated heterocycles. The summed E-state index contributed by atoms with van der Waals surface area (Å²) >= 11 is 0.735. The fraction of sp³-hybridized carbons (Fsp3) is 0.452. The second-order valence-electron chi connectivity index (χ2n) is 11.5. The van der Waals surface area contributed by atoms with Gasteiger partial charge in [0.2, 0.25) is 23.8 Å². The zero-order valence-corrected chi connectivity index (χ0v) is 24.5. The number of anilines is 2. The summed E-state index contributed by atoms with van der Waals surface area (Å²) in [5.41, 5.74) is 2.19. The molecule has 2 fully saturated rings. The smallest absolute Gasteiger partial charge is 0.304 e. The molecular formula is C31H32F2N4O5S. The molecule has 9 nitrogen and oxygen atoms in total. The highest BCUT2D eigenvalue weighted by molar-refractivity contribution is 7.14. The van der Waals surface area contributed by atoms with Crippen LogP contribution in [0.5, 0.6) is 5.75 Å². The van der Waals surface area contributed by atoms with Gasteiger partial charge in [0, 0.05) is 41.9 Å². The second kappa shape index (κ2) is 12.0. The Labute approximate surface area is 251 Å². The van der Waals surface area contributed by atoms with Crippen molar-refractivity contribution in [1.29, 1.82) is 0 Å². The molecule has 226 valence electrons. The van der Waals surface area contributed by atoms with Crippen molar-refractivity contribution in [1.82, 2.24) is 9.97 Å². The first-order valence-electron chi connectivity index (χ1n) is 14.5. The molecule has 2 aliphatic carbocycles. The molecule has 1 atom stereocenters. The number of nitrogens with zero attached hydrogens (tertiary/aromatic N) is 4. The van der Waals surface area contributed by atoms with Crippen molar-refractivity contribution >= 4 is 40.1 Å². The van der Waals surface area contributed by atoms with Gasteiger partial charge in [-0.1, -0.05) is 37.0 Å². The molecule has 1 unspecified atom stereocenters. The van der Waals surface area contributed by atoms with Crippen molar-refractivity contribution in [3.63, 3.8) is 0 Å². The molecule has 0 spiro atoms. The van der Waals surface area contributed by atoms with Crippen molar-refractivity contribution in [2.24, 2.45) is 11.8 Å². The third-order valence-electron chi connectivity index (χ3n) is 8.55. The number of carbonyl (C=O) groups is 3. The number of alkyl halides is 1. The number of halogens is 2. The number of fused-ring (bicyclic) bond motifs is 1. The summed E-state index contributed by atoms with van der Waals surface area (Å²) in [7, 11) is 1.66. The maximum Gasteiger partial charge on any atom is 0.304 e. The summed E-state index contributed by atoms with van der Waals surface area (Å²) in [6.07, 6.45) is 7.55. The molecule has 2 saturated carbocycles. The number of aliphatic carboxylic acids is 1.